The lowest BCUT2D eigenvalue weighted by Gasteiger charge is -2.02. The van der Waals surface area contributed by atoms with Gasteiger partial charge in [-0.2, -0.15) is 0 Å². The number of benzene rings is 1. The van der Waals surface area contributed by atoms with Crippen molar-refractivity contribution < 1.29 is 4.79 Å². The second-order valence-electron chi connectivity index (χ2n) is 2.62. The van der Waals surface area contributed by atoms with E-state index in [0.717, 1.165) is 11.1 Å². The molecule has 12 heavy (non-hydrogen) atoms. The molecule has 64 valence electrons. The van der Waals surface area contributed by atoms with Crippen LogP contribution in [0, 0.1) is 6.92 Å². The molecular weight excluding hydrogens is 265 g/mol. The molecule has 1 aromatic carbocycles. The number of carbonyl (C=O) groups is 1. The summed E-state index contributed by atoms with van der Waals surface area (Å²) in [5, 5.41) is 0. The molecule has 0 spiro atoms. The van der Waals surface area contributed by atoms with Crippen LogP contribution in [0.2, 0.25) is 0 Å². The normalized spacial score (nSPS) is 9.50. The van der Waals surface area contributed by atoms with Crippen LogP contribution in [0.4, 0.5) is 0 Å². The average Bonchev–Trinajstić information content (AvgIpc) is 2.09. The van der Waals surface area contributed by atoms with Crippen molar-refractivity contribution in [2.24, 2.45) is 0 Å². The first kappa shape index (κ1) is 9.51. The monoisotopic (exact) mass is 275 g/mol. The van der Waals surface area contributed by atoms with Gasteiger partial charge < -0.3 is 0 Å². The number of rotatable bonds is 2. The van der Waals surface area contributed by atoms with Crippen molar-refractivity contribution >= 4 is 28.8 Å². The average molecular weight is 275 g/mol. The third-order valence-electron chi connectivity index (χ3n) is 1.72. The Hall–Kier alpha value is -0.580. The van der Waals surface area contributed by atoms with Crippen LogP contribution < -0.4 is 3.53 Å². The van der Waals surface area contributed by atoms with E-state index in [9.17, 15) is 4.79 Å². The second kappa shape index (κ2) is 4.45. The number of nitrogens with one attached hydrogen (secondary N) is 1. The predicted molar refractivity (Wildman–Crippen MR) is 57.0 cm³/mol. The Bertz CT molecular complexity index is 286. The molecule has 0 aliphatic heterocycles. The fourth-order valence-electron chi connectivity index (χ4n) is 1.01. The van der Waals surface area contributed by atoms with Crippen LogP contribution in [0.3, 0.4) is 0 Å². The SMILES string of the molecule is Cc1ccccc1CC(=O)NI. The smallest absolute Gasteiger partial charge is 0.233 e. The van der Waals surface area contributed by atoms with Crippen molar-refractivity contribution in [3.63, 3.8) is 0 Å². The van der Waals surface area contributed by atoms with Crippen LogP contribution >= 0.6 is 22.9 Å². The number of hydrogen-bond acceptors (Lipinski definition) is 1. The summed E-state index contributed by atoms with van der Waals surface area (Å²) < 4.78 is 2.57. The van der Waals surface area contributed by atoms with Gasteiger partial charge in [0.15, 0.2) is 0 Å². The number of amides is 1. The third-order valence-corrected chi connectivity index (χ3v) is 2.32. The molecule has 1 amide bonds. The van der Waals surface area contributed by atoms with E-state index in [1.807, 2.05) is 54.1 Å². The van der Waals surface area contributed by atoms with E-state index in [1.54, 1.807) is 0 Å². The topological polar surface area (TPSA) is 29.1 Å². The van der Waals surface area contributed by atoms with Gasteiger partial charge in [0, 0.05) is 0 Å². The van der Waals surface area contributed by atoms with Crippen LogP contribution in [0.5, 0.6) is 0 Å². The first-order chi connectivity index (χ1) is 5.74. The summed E-state index contributed by atoms with van der Waals surface area (Å²) in [6.45, 7) is 2.01. The molecule has 0 atom stereocenters. The molecule has 0 fully saturated rings. The minimum atomic E-state index is 0.0462. The highest BCUT2D eigenvalue weighted by Crippen LogP contribution is 2.07. The highest BCUT2D eigenvalue weighted by molar-refractivity contribution is 14.1. The largest absolute Gasteiger partial charge is 0.299 e. The van der Waals surface area contributed by atoms with Crippen molar-refractivity contribution in [1.82, 2.24) is 3.53 Å². The maximum atomic E-state index is 11.0. The summed E-state index contributed by atoms with van der Waals surface area (Å²) in [6.07, 6.45) is 0.468. The zero-order valence-corrected chi connectivity index (χ0v) is 8.96. The predicted octanol–water partition coefficient (Wildman–Crippen LogP) is 2.00. The maximum absolute atomic E-state index is 11.0. The summed E-state index contributed by atoms with van der Waals surface area (Å²) in [6, 6.07) is 7.90. The highest BCUT2D eigenvalue weighted by atomic mass is 127. The maximum Gasteiger partial charge on any atom is 0.233 e. The van der Waals surface area contributed by atoms with Crippen LogP contribution in [-0.4, -0.2) is 5.91 Å². The van der Waals surface area contributed by atoms with Gasteiger partial charge in [-0.1, -0.05) is 24.3 Å². The lowest BCUT2D eigenvalue weighted by Crippen LogP contribution is -2.14. The summed E-state index contributed by atoms with van der Waals surface area (Å²) in [5.74, 6) is 0.0462. The molecule has 2 nitrogen and oxygen atoms in total. The van der Waals surface area contributed by atoms with Gasteiger partial charge >= 0.3 is 0 Å². The molecule has 0 aliphatic carbocycles. The Morgan fingerprint density at radius 2 is 2.17 bits per heavy atom. The van der Waals surface area contributed by atoms with Crippen molar-refractivity contribution in [2.75, 3.05) is 0 Å². The first-order valence-corrected chi connectivity index (χ1v) is 4.76. The molecule has 3 heteroatoms. The van der Waals surface area contributed by atoms with E-state index in [2.05, 4.69) is 3.53 Å². The summed E-state index contributed by atoms with van der Waals surface area (Å²) in [7, 11) is 0. The lowest BCUT2D eigenvalue weighted by atomic mass is 10.1. The molecule has 0 unspecified atom stereocenters. The molecule has 0 aliphatic rings. The number of aryl methyl sites for hydroxylation is 1. The van der Waals surface area contributed by atoms with Crippen LogP contribution in [-0.2, 0) is 11.2 Å². The molecule has 1 rings (SSSR count). The van der Waals surface area contributed by atoms with Crippen LogP contribution in [0.25, 0.3) is 0 Å². The Kier molecular flexibility index (Phi) is 3.52. The quantitative estimate of drug-likeness (QED) is 0.649. The Morgan fingerprint density at radius 1 is 1.50 bits per heavy atom. The van der Waals surface area contributed by atoms with Gasteiger partial charge in [-0.3, -0.25) is 8.32 Å². The molecule has 1 N–H and O–H groups in total. The molecule has 0 saturated carbocycles. The summed E-state index contributed by atoms with van der Waals surface area (Å²) >= 11 is 1.85. The van der Waals surface area contributed by atoms with Crippen molar-refractivity contribution in [3.05, 3.63) is 35.4 Å². The molecular formula is C9H10INO. The molecule has 0 bridgehead atoms. The second-order valence-corrected chi connectivity index (χ2v) is 3.16. The van der Waals surface area contributed by atoms with Gasteiger partial charge in [0.05, 0.1) is 29.3 Å². The van der Waals surface area contributed by atoms with Gasteiger partial charge in [0.2, 0.25) is 5.91 Å². The van der Waals surface area contributed by atoms with Crippen molar-refractivity contribution in [1.29, 1.82) is 0 Å². The fourth-order valence-corrected chi connectivity index (χ4v) is 1.21. The van der Waals surface area contributed by atoms with E-state index in [4.69, 9.17) is 0 Å². The molecule has 0 heterocycles. The van der Waals surface area contributed by atoms with Gasteiger partial charge in [-0.05, 0) is 18.1 Å². The third kappa shape index (κ3) is 2.48. The zero-order valence-electron chi connectivity index (χ0n) is 6.80. The van der Waals surface area contributed by atoms with Crippen molar-refractivity contribution in [2.45, 2.75) is 13.3 Å². The minimum absolute atomic E-state index is 0.0462. The van der Waals surface area contributed by atoms with Gasteiger partial charge in [-0.25, -0.2) is 0 Å². The lowest BCUT2D eigenvalue weighted by molar-refractivity contribution is -0.118. The first-order valence-electron chi connectivity index (χ1n) is 3.68. The molecule has 1 aromatic rings. The van der Waals surface area contributed by atoms with E-state index in [0.29, 0.717) is 6.42 Å². The molecule has 0 aromatic heterocycles. The van der Waals surface area contributed by atoms with E-state index < -0.39 is 0 Å². The Morgan fingerprint density at radius 3 is 2.75 bits per heavy atom. The van der Waals surface area contributed by atoms with Crippen LogP contribution in [0.15, 0.2) is 24.3 Å². The zero-order chi connectivity index (χ0) is 8.97. The van der Waals surface area contributed by atoms with Crippen molar-refractivity contribution in [3.8, 4) is 0 Å². The van der Waals surface area contributed by atoms with E-state index in [1.165, 1.54) is 0 Å². The number of carbonyl (C=O) groups excluding carboxylic acids is 1. The Balaban J connectivity index is 2.75. The minimum Gasteiger partial charge on any atom is -0.299 e. The van der Waals surface area contributed by atoms with Crippen LogP contribution in [0.1, 0.15) is 11.1 Å². The van der Waals surface area contributed by atoms with Gasteiger partial charge in [-0.15, -0.1) is 0 Å². The van der Waals surface area contributed by atoms with Gasteiger partial charge in [0.25, 0.3) is 0 Å². The van der Waals surface area contributed by atoms with Gasteiger partial charge in [0.1, 0.15) is 0 Å². The van der Waals surface area contributed by atoms with E-state index >= 15 is 0 Å². The number of halogens is 1. The fraction of sp³-hybridized carbons (Fsp3) is 0.222. The standard InChI is InChI=1S/C9H10INO/c1-7-4-2-3-5-8(7)6-9(12)11-10/h2-5H,6H2,1H3,(H,11,12). The molecule has 0 radical (unpaired) electrons. The summed E-state index contributed by atoms with van der Waals surface area (Å²) in [4.78, 5) is 11.0. The summed E-state index contributed by atoms with van der Waals surface area (Å²) in [5.41, 5.74) is 2.25. The van der Waals surface area contributed by atoms with E-state index in [-0.39, 0.29) is 5.91 Å². The number of hydrogen-bond donors (Lipinski definition) is 1. The highest BCUT2D eigenvalue weighted by Gasteiger charge is 2.02. The molecule has 0 saturated heterocycles. The Labute approximate surface area is 85.9 Å².